The van der Waals surface area contributed by atoms with E-state index in [9.17, 15) is 14.9 Å². The van der Waals surface area contributed by atoms with Gasteiger partial charge in [-0.15, -0.1) is 12.4 Å². The molecule has 1 fully saturated rings. The summed E-state index contributed by atoms with van der Waals surface area (Å²) in [5.41, 5.74) is 1.17. The molecule has 0 spiro atoms. The number of rotatable bonds is 7. The summed E-state index contributed by atoms with van der Waals surface area (Å²) in [6, 6.07) is 6.59. The molecule has 1 amide bonds. The van der Waals surface area contributed by atoms with Gasteiger partial charge in [0, 0.05) is 31.8 Å². The number of halogens is 1. The Balaban J connectivity index is 0.00000264. The van der Waals surface area contributed by atoms with Crippen molar-refractivity contribution in [1.29, 1.82) is 0 Å². The number of amides is 1. The fourth-order valence-electron chi connectivity index (χ4n) is 2.30. The van der Waals surface area contributed by atoms with Gasteiger partial charge < -0.3 is 15.4 Å². The van der Waals surface area contributed by atoms with Crippen molar-refractivity contribution in [1.82, 2.24) is 10.6 Å². The van der Waals surface area contributed by atoms with Gasteiger partial charge in [0.15, 0.2) is 0 Å². The second kappa shape index (κ2) is 10.1. The van der Waals surface area contributed by atoms with Crippen molar-refractivity contribution in [2.45, 2.75) is 25.4 Å². The van der Waals surface area contributed by atoms with Crippen LogP contribution in [-0.4, -0.2) is 43.2 Å². The number of ether oxygens (including phenoxy) is 1. The number of nitro benzene ring substituents is 1. The Kier molecular flexibility index (Phi) is 8.53. The van der Waals surface area contributed by atoms with Gasteiger partial charge in [-0.2, -0.15) is 0 Å². The van der Waals surface area contributed by atoms with Gasteiger partial charge in [-0.25, -0.2) is 0 Å². The van der Waals surface area contributed by atoms with E-state index in [-0.39, 0.29) is 30.1 Å². The molecule has 1 aromatic rings. The second-order valence-corrected chi connectivity index (χ2v) is 5.24. The normalized spacial score (nSPS) is 17.1. The summed E-state index contributed by atoms with van der Waals surface area (Å²) in [5.74, 6) is -0.0671. The van der Waals surface area contributed by atoms with E-state index in [1.807, 2.05) is 0 Å². The van der Waals surface area contributed by atoms with Crippen molar-refractivity contribution in [3.8, 4) is 0 Å². The van der Waals surface area contributed by atoms with Crippen LogP contribution in [0.2, 0.25) is 0 Å². The van der Waals surface area contributed by atoms with Crippen molar-refractivity contribution in [3.05, 3.63) is 39.9 Å². The van der Waals surface area contributed by atoms with Crippen LogP contribution < -0.4 is 10.6 Å². The first-order chi connectivity index (χ1) is 10.7. The zero-order valence-electron chi connectivity index (χ0n) is 12.8. The highest BCUT2D eigenvalue weighted by Gasteiger charge is 2.20. The Morgan fingerprint density at radius 1 is 1.35 bits per heavy atom. The van der Waals surface area contributed by atoms with Crippen LogP contribution in [0.3, 0.4) is 0 Å². The zero-order chi connectivity index (χ0) is 15.8. The summed E-state index contributed by atoms with van der Waals surface area (Å²) < 4.78 is 5.37. The topological polar surface area (TPSA) is 93.5 Å². The van der Waals surface area contributed by atoms with Crippen LogP contribution in [0.15, 0.2) is 24.3 Å². The molecule has 23 heavy (non-hydrogen) atoms. The molecule has 0 aromatic heterocycles. The SMILES string of the molecule is Cl.O=C(NCCCCc1ccc([N+](=O)[O-])cc1)C1CNCCO1. The number of carbonyl (C=O) groups is 1. The minimum atomic E-state index is -0.401. The molecule has 1 saturated heterocycles. The maximum atomic E-state index is 11.8. The summed E-state index contributed by atoms with van der Waals surface area (Å²) >= 11 is 0. The number of unbranched alkanes of at least 4 members (excludes halogenated alkanes) is 1. The van der Waals surface area contributed by atoms with Crippen molar-refractivity contribution >= 4 is 24.0 Å². The maximum absolute atomic E-state index is 11.8. The van der Waals surface area contributed by atoms with E-state index in [4.69, 9.17) is 4.74 Å². The molecule has 1 atom stereocenters. The molecule has 1 aromatic carbocycles. The van der Waals surface area contributed by atoms with Gasteiger partial charge >= 0.3 is 0 Å². The third kappa shape index (κ3) is 6.52. The number of aryl methyl sites for hydroxylation is 1. The summed E-state index contributed by atoms with van der Waals surface area (Å²) in [6.45, 7) is 2.54. The van der Waals surface area contributed by atoms with Crippen molar-refractivity contribution in [2.75, 3.05) is 26.2 Å². The highest BCUT2D eigenvalue weighted by Crippen LogP contribution is 2.13. The monoisotopic (exact) mass is 343 g/mol. The quantitative estimate of drug-likeness (QED) is 0.444. The first-order valence-corrected chi connectivity index (χ1v) is 7.50. The Hall–Kier alpha value is -1.70. The van der Waals surface area contributed by atoms with Crippen LogP contribution in [0.1, 0.15) is 18.4 Å². The lowest BCUT2D eigenvalue weighted by Crippen LogP contribution is -2.48. The maximum Gasteiger partial charge on any atom is 0.269 e. The molecule has 0 bridgehead atoms. The summed E-state index contributed by atoms with van der Waals surface area (Å²) in [7, 11) is 0. The molecule has 2 rings (SSSR count). The summed E-state index contributed by atoms with van der Waals surface area (Å²) in [4.78, 5) is 21.9. The lowest BCUT2D eigenvalue weighted by molar-refractivity contribution is -0.384. The third-order valence-corrected chi connectivity index (χ3v) is 3.56. The van der Waals surface area contributed by atoms with E-state index < -0.39 is 4.92 Å². The van der Waals surface area contributed by atoms with E-state index in [0.717, 1.165) is 31.4 Å². The Bertz CT molecular complexity index is 504. The molecule has 2 N–H and O–H groups in total. The predicted molar refractivity (Wildman–Crippen MR) is 88.9 cm³/mol. The number of non-ortho nitro benzene ring substituents is 1. The van der Waals surface area contributed by atoms with Gasteiger partial charge in [0.2, 0.25) is 5.91 Å². The fraction of sp³-hybridized carbons (Fsp3) is 0.533. The summed E-state index contributed by atoms with van der Waals surface area (Å²) in [5, 5.41) is 16.5. The van der Waals surface area contributed by atoms with Gasteiger partial charge in [0.1, 0.15) is 6.10 Å². The van der Waals surface area contributed by atoms with E-state index in [2.05, 4.69) is 10.6 Å². The van der Waals surface area contributed by atoms with Crippen molar-refractivity contribution in [3.63, 3.8) is 0 Å². The minimum Gasteiger partial charge on any atom is -0.366 e. The average Bonchev–Trinajstić information content (AvgIpc) is 2.55. The number of benzene rings is 1. The molecule has 1 unspecified atom stereocenters. The van der Waals surface area contributed by atoms with Gasteiger partial charge in [-0.05, 0) is 24.8 Å². The molecule has 7 nitrogen and oxygen atoms in total. The van der Waals surface area contributed by atoms with E-state index in [1.54, 1.807) is 12.1 Å². The molecular formula is C15H22ClN3O4. The molecule has 1 aliphatic heterocycles. The van der Waals surface area contributed by atoms with Crippen LogP contribution in [-0.2, 0) is 16.0 Å². The van der Waals surface area contributed by atoms with Crippen molar-refractivity contribution < 1.29 is 14.5 Å². The highest BCUT2D eigenvalue weighted by molar-refractivity contribution is 5.85. The standard InChI is InChI=1S/C15H21N3O4.ClH/c19-15(14-11-16-9-10-22-14)17-8-2-1-3-12-4-6-13(7-5-12)18(20)21;/h4-7,14,16H,1-3,8-11H2,(H,17,19);1H. The lowest BCUT2D eigenvalue weighted by atomic mass is 10.1. The van der Waals surface area contributed by atoms with Crippen LogP contribution >= 0.6 is 12.4 Å². The summed E-state index contributed by atoms with van der Waals surface area (Å²) in [6.07, 6.45) is 2.24. The fourth-order valence-corrected chi connectivity index (χ4v) is 2.30. The molecule has 0 aliphatic carbocycles. The highest BCUT2D eigenvalue weighted by atomic mass is 35.5. The minimum absolute atomic E-state index is 0. The van der Waals surface area contributed by atoms with Crippen LogP contribution in [0.5, 0.6) is 0 Å². The largest absolute Gasteiger partial charge is 0.366 e. The van der Waals surface area contributed by atoms with Crippen LogP contribution in [0.4, 0.5) is 5.69 Å². The van der Waals surface area contributed by atoms with Gasteiger partial charge in [-0.3, -0.25) is 14.9 Å². The van der Waals surface area contributed by atoms with Crippen LogP contribution in [0, 0.1) is 10.1 Å². The first kappa shape index (κ1) is 19.3. The zero-order valence-corrected chi connectivity index (χ0v) is 13.6. The van der Waals surface area contributed by atoms with E-state index in [1.165, 1.54) is 12.1 Å². The molecule has 1 aliphatic rings. The Morgan fingerprint density at radius 2 is 2.09 bits per heavy atom. The number of hydrogen-bond donors (Lipinski definition) is 2. The molecule has 0 saturated carbocycles. The molecule has 0 radical (unpaired) electrons. The van der Waals surface area contributed by atoms with Crippen LogP contribution in [0.25, 0.3) is 0 Å². The third-order valence-electron chi connectivity index (χ3n) is 3.56. The number of nitrogens with zero attached hydrogens (tertiary/aromatic N) is 1. The Labute approximate surface area is 141 Å². The van der Waals surface area contributed by atoms with E-state index >= 15 is 0 Å². The predicted octanol–water partition coefficient (Wildman–Crippen LogP) is 1.44. The molecule has 128 valence electrons. The van der Waals surface area contributed by atoms with E-state index in [0.29, 0.717) is 19.7 Å². The molecule has 1 heterocycles. The Morgan fingerprint density at radius 3 is 2.70 bits per heavy atom. The average molecular weight is 344 g/mol. The number of nitro groups is 1. The number of hydrogen-bond acceptors (Lipinski definition) is 5. The second-order valence-electron chi connectivity index (χ2n) is 5.24. The van der Waals surface area contributed by atoms with Gasteiger partial charge in [-0.1, -0.05) is 12.1 Å². The number of morpholine rings is 1. The number of carbonyl (C=O) groups excluding carboxylic acids is 1. The van der Waals surface area contributed by atoms with Crippen molar-refractivity contribution in [2.24, 2.45) is 0 Å². The first-order valence-electron chi connectivity index (χ1n) is 7.50. The number of nitrogens with one attached hydrogen (secondary N) is 2. The smallest absolute Gasteiger partial charge is 0.269 e. The molecule has 8 heteroatoms. The lowest BCUT2D eigenvalue weighted by Gasteiger charge is -2.22. The van der Waals surface area contributed by atoms with Gasteiger partial charge in [0.05, 0.1) is 11.5 Å². The molecular weight excluding hydrogens is 322 g/mol. The van der Waals surface area contributed by atoms with Gasteiger partial charge in [0.25, 0.3) is 5.69 Å².